The highest BCUT2D eigenvalue weighted by Crippen LogP contribution is 2.31. The van der Waals surface area contributed by atoms with Crippen molar-refractivity contribution in [3.8, 4) is 0 Å². The molecule has 19 heavy (non-hydrogen) atoms. The Hall–Kier alpha value is -0.830. The van der Waals surface area contributed by atoms with Crippen molar-refractivity contribution in [3.63, 3.8) is 0 Å². The molecule has 1 aliphatic rings. The van der Waals surface area contributed by atoms with Crippen LogP contribution in [0.3, 0.4) is 0 Å². The highest BCUT2D eigenvalue weighted by Gasteiger charge is 2.22. The van der Waals surface area contributed by atoms with E-state index in [1.807, 2.05) is 0 Å². The van der Waals surface area contributed by atoms with Crippen LogP contribution in [-0.4, -0.2) is 15.3 Å². The Kier molecular flexibility index (Phi) is 4.67. The summed E-state index contributed by atoms with van der Waals surface area (Å²) in [7, 11) is 0. The zero-order valence-corrected chi connectivity index (χ0v) is 13.0. The van der Waals surface area contributed by atoms with E-state index in [9.17, 15) is 0 Å². The first-order valence-corrected chi connectivity index (χ1v) is 7.81. The first-order chi connectivity index (χ1) is 9.01. The largest absolute Gasteiger partial charge is 0.308 e. The van der Waals surface area contributed by atoms with E-state index in [4.69, 9.17) is 5.10 Å². The zero-order valence-electron chi connectivity index (χ0n) is 13.0. The average Bonchev–Trinajstić information content (AvgIpc) is 2.94. The fourth-order valence-corrected chi connectivity index (χ4v) is 2.91. The minimum Gasteiger partial charge on any atom is -0.308 e. The van der Waals surface area contributed by atoms with Crippen LogP contribution in [0.4, 0.5) is 0 Å². The lowest BCUT2D eigenvalue weighted by Gasteiger charge is -2.21. The summed E-state index contributed by atoms with van der Waals surface area (Å²) in [5.74, 6) is 0. The molecule has 1 heterocycles. The van der Waals surface area contributed by atoms with Crippen LogP contribution < -0.4 is 5.32 Å². The van der Waals surface area contributed by atoms with Crippen LogP contribution >= 0.6 is 0 Å². The standard InChI is InChI=1S/C16H29N3/c1-5-8-15-13(11-17-16(2,3)4)12-18-19(15)14-9-6-7-10-14/h12,14,17H,5-11H2,1-4H3. The second-order valence-electron chi connectivity index (χ2n) is 6.85. The fraction of sp³-hybridized carbons (Fsp3) is 0.812. The van der Waals surface area contributed by atoms with E-state index in [2.05, 4.69) is 43.9 Å². The number of nitrogens with one attached hydrogen (secondary N) is 1. The van der Waals surface area contributed by atoms with Crippen LogP contribution in [0, 0.1) is 0 Å². The molecule has 0 spiro atoms. The maximum absolute atomic E-state index is 4.69. The van der Waals surface area contributed by atoms with Crippen molar-refractivity contribution in [1.82, 2.24) is 15.1 Å². The van der Waals surface area contributed by atoms with Gasteiger partial charge >= 0.3 is 0 Å². The average molecular weight is 263 g/mol. The van der Waals surface area contributed by atoms with Crippen molar-refractivity contribution in [2.45, 2.75) is 84.3 Å². The minimum atomic E-state index is 0.166. The van der Waals surface area contributed by atoms with E-state index >= 15 is 0 Å². The highest BCUT2D eigenvalue weighted by molar-refractivity contribution is 5.19. The van der Waals surface area contributed by atoms with Crippen molar-refractivity contribution in [1.29, 1.82) is 0 Å². The predicted octanol–water partition coefficient (Wildman–Crippen LogP) is 3.84. The first kappa shape index (κ1) is 14.6. The second kappa shape index (κ2) is 6.08. The Morgan fingerprint density at radius 3 is 2.58 bits per heavy atom. The number of aromatic nitrogens is 2. The molecule has 1 aromatic heterocycles. The van der Waals surface area contributed by atoms with Gasteiger partial charge in [0.25, 0.3) is 0 Å². The topological polar surface area (TPSA) is 29.9 Å². The molecule has 3 heteroatoms. The molecule has 1 aromatic rings. The van der Waals surface area contributed by atoms with Gasteiger partial charge in [-0.25, -0.2) is 0 Å². The molecule has 3 nitrogen and oxygen atoms in total. The van der Waals surface area contributed by atoms with Gasteiger partial charge in [-0.1, -0.05) is 26.2 Å². The van der Waals surface area contributed by atoms with E-state index in [-0.39, 0.29) is 5.54 Å². The molecule has 0 aliphatic heterocycles. The molecule has 1 saturated carbocycles. The van der Waals surface area contributed by atoms with E-state index in [1.54, 1.807) is 0 Å². The summed E-state index contributed by atoms with van der Waals surface area (Å²) in [6, 6.07) is 0.657. The van der Waals surface area contributed by atoms with Crippen LogP contribution in [0.15, 0.2) is 6.20 Å². The van der Waals surface area contributed by atoms with Crippen molar-refractivity contribution in [2.75, 3.05) is 0 Å². The normalized spacial score (nSPS) is 17.3. The number of hydrogen-bond donors (Lipinski definition) is 1. The SMILES string of the molecule is CCCc1c(CNC(C)(C)C)cnn1C1CCCC1. The van der Waals surface area contributed by atoms with Gasteiger partial charge in [0.15, 0.2) is 0 Å². The third-order valence-corrected chi connectivity index (χ3v) is 3.95. The van der Waals surface area contributed by atoms with Gasteiger partial charge in [-0.2, -0.15) is 5.10 Å². The van der Waals surface area contributed by atoms with Crippen LogP contribution in [0.2, 0.25) is 0 Å². The molecular weight excluding hydrogens is 234 g/mol. The molecule has 1 aliphatic carbocycles. The quantitative estimate of drug-likeness (QED) is 0.874. The molecule has 0 radical (unpaired) electrons. The Morgan fingerprint density at radius 1 is 1.32 bits per heavy atom. The van der Waals surface area contributed by atoms with Crippen molar-refractivity contribution in [3.05, 3.63) is 17.5 Å². The molecule has 0 aromatic carbocycles. The number of rotatable bonds is 5. The lowest BCUT2D eigenvalue weighted by atomic mass is 10.1. The van der Waals surface area contributed by atoms with Gasteiger partial charge in [0, 0.05) is 23.3 Å². The highest BCUT2D eigenvalue weighted by atomic mass is 15.3. The number of hydrogen-bond acceptors (Lipinski definition) is 2. The van der Waals surface area contributed by atoms with Gasteiger partial charge in [-0.05, 0) is 40.0 Å². The molecule has 1 N–H and O–H groups in total. The van der Waals surface area contributed by atoms with E-state index in [0.29, 0.717) is 6.04 Å². The summed E-state index contributed by atoms with van der Waals surface area (Å²) in [5.41, 5.74) is 3.02. The maximum atomic E-state index is 4.69. The lowest BCUT2D eigenvalue weighted by Crippen LogP contribution is -2.35. The van der Waals surface area contributed by atoms with E-state index < -0.39 is 0 Å². The van der Waals surface area contributed by atoms with Gasteiger partial charge in [0.1, 0.15) is 0 Å². The van der Waals surface area contributed by atoms with Crippen LogP contribution in [-0.2, 0) is 13.0 Å². The Morgan fingerprint density at radius 2 is 2.00 bits per heavy atom. The molecule has 108 valence electrons. The molecular formula is C16H29N3. The van der Waals surface area contributed by atoms with Gasteiger partial charge in [0.2, 0.25) is 0 Å². The van der Waals surface area contributed by atoms with Gasteiger partial charge < -0.3 is 5.32 Å². The van der Waals surface area contributed by atoms with E-state index in [0.717, 1.165) is 13.0 Å². The smallest absolute Gasteiger partial charge is 0.0537 e. The Labute approximate surface area is 117 Å². The van der Waals surface area contributed by atoms with Crippen LogP contribution in [0.25, 0.3) is 0 Å². The summed E-state index contributed by atoms with van der Waals surface area (Å²) in [5, 5.41) is 8.28. The third-order valence-electron chi connectivity index (χ3n) is 3.95. The Bertz CT molecular complexity index is 395. The van der Waals surface area contributed by atoms with Crippen molar-refractivity contribution >= 4 is 0 Å². The van der Waals surface area contributed by atoms with Gasteiger partial charge in [-0.15, -0.1) is 0 Å². The van der Waals surface area contributed by atoms with E-state index in [1.165, 1.54) is 43.4 Å². The zero-order chi connectivity index (χ0) is 13.9. The lowest BCUT2D eigenvalue weighted by molar-refractivity contribution is 0.420. The second-order valence-corrected chi connectivity index (χ2v) is 6.85. The Balaban J connectivity index is 2.14. The van der Waals surface area contributed by atoms with Crippen molar-refractivity contribution in [2.24, 2.45) is 0 Å². The molecule has 2 rings (SSSR count). The molecule has 0 saturated heterocycles. The minimum absolute atomic E-state index is 0.166. The van der Waals surface area contributed by atoms with Gasteiger partial charge in [0.05, 0.1) is 12.2 Å². The summed E-state index contributed by atoms with van der Waals surface area (Å²) >= 11 is 0. The van der Waals surface area contributed by atoms with Crippen LogP contribution in [0.1, 0.15) is 77.1 Å². The molecule has 0 amide bonds. The fourth-order valence-electron chi connectivity index (χ4n) is 2.91. The summed E-state index contributed by atoms with van der Waals surface area (Å²) in [6.07, 6.45) is 9.78. The molecule has 0 unspecified atom stereocenters. The monoisotopic (exact) mass is 263 g/mol. The molecule has 0 atom stereocenters. The molecule has 0 bridgehead atoms. The summed E-state index contributed by atoms with van der Waals surface area (Å²) in [4.78, 5) is 0. The van der Waals surface area contributed by atoms with Crippen molar-refractivity contribution < 1.29 is 0 Å². The van der Waals surface area contributed by atoms with Crippen LogP contribution in [0.5, 0.6) is 0 Å². The first-order valence-electron chi connectivity index (χ1n) is 7.81. The maximum Gasteiger partial charge on any atom is 0.0537 e. The number of nitrogens with zero attached hydrogens (tertiary/aromatic N) is 2. The predicted molar refractivity (Wildman–Crippen MR) is 80.3 cm³/mol. The third kappa shape index (κ3) is 3.82. The van der Waals surface area contributed by atoms with Gasteiger partial charge in [-0.3, -0.25) is 4.68 Å². The summed E-state index contributed by atoms with van der Waals surface area (Å²) in [6.45, 7) is 9.84. The summed E-state index contributed by atoms with van der Waals surface area (Å²) < 4.78 is 2.33. The molecule has 1 fully saturated rings.